The van der Waals surface area contributed by atoms with Crippen molar-refractivity contribution < 1.29 is 0 Å². The Bertz CT molecular complexity index is 3620. The molecule has 2 nitrogen and oxygen atoms in total. The monoisotopic (exact) mass is 864 g/mol. The maximum Gasteiger partial charge on any atom is 0.252 e. The van der Waals surface area contributed by atoms with E-state index in [1.165, 1.54) is 116 Å². The first-order chi connectivity index (χ1) is 33.5. The Balaban J connectivity index is 1.07. The summed E-state index contributed by atoms with van der Waals surface area (Å²) in [7, 11) is 0. The lowest BCUT2D eigenvalue weighted by Gasteiger charge is -2.44. The van der Waals surface area contributed by atoms with E-state index in [4.69, 9.17) is 0 Å². The fourth-order valence-electron chi connectivity index (χ4n) is 11.9. The van der Waals surface area contributed by atoms with E-state index in [-0.39, 0.29) is 12.1 Å². The highest BCUT2D eigenvalue weighted by Crippen LogP contribution is 2.51. The normalized spacial score (nSPS) is 13.8. The first-order valence-corrected chi connectivity index (χ1v) is 23.9. The fraction of sp³-hybridized carbons (Fsp3) is 0.0462. The smallest absolute Gasteiger partial charge is 0.252 e. The number of fused-ring (bicyclic) bond motifs is 9. The molecule has 3 heteroatoms. The number of hydrogen-bond donors (Lipinski definition) is 0. The van der Waals surface area contributed by atoms with Crippen LogP contribution in [-0.2, 0) is 5.41 Å². The first kappa shape index (κ1) is 38.8. The number of benzene rings is 11. The van der Waals surface area contributed by atoms with Crippen LogP contribution in [-0.4, -0.2) is 6.71 Å². The van der Waals surface area contributed by atoms with Crippen molar-refractivity contribution in [3.05, 3.63) is 248 Å². The molecule has 11 aromatic rings. The minimum Gasteiger partial charge on any atom is -0.311 e. The Morgan fingerprint density at radius 1 is 0.309 bits per heavy atom. The van der Waals surface area contributed by atoms with Gasteiger partial charge in [-0.25, -0.2) is 0 Å². The predicted octanol–water partition coefficient (Wildman–Crippen LogP) is 15.4. The quantitative estimate of drug-likeness (QED) is 0.159. The molecular formula is C65H45BN2. The second-order valence-electron chi connectivity index (χ2n) is 19.3. The van der Waals surface area contributed by atoms with Gasteiger partial charge in [0.25, 0.3) is 6.71 Å². The van der Waals surface area contributed by atoms with E-state index in [2.05, 4.69) is 260 Å². The summed E-state index contributed by atoms with van der Waals surface area (Å²) >= 11 is 0. The van der Waals surface area contributed by atoms with Crippen molar-refractivity contribution in [1.29, 1.82) is 0 Å². The molecule has 0 radical (unpaired) electrons. The highest BCUT2D eigenvalue weighted by Gasteiger charge is 2.44. The number of anilines is 6. The summed E-state index contributed by atoms with van der Waals surface area (Å²) in [5.41, 5.74) is 23.6. The van der Waals surface area contributed by atoms with E-state index < -0.39 is 0 Å². The van der Waals surface area contributed by atoms with Crippen LogP contribution in [0.25, 0.3) is 66.1 Å². The van der Waals surface area contributed by atoms with Crippen molar-refractivity contribution in [2.45, 2.75) is 19.3 Å². The van der Waals surface area contributed by atoms with Gasteiger partial charge in [0, 0.05) is 39.5 Å². The summed E-state index contributed by atoms with van der Waals surface area (Å²) in [6, 6.07) is 88.6. The van der Waals surface area contributed by atoms with E-state index in [0.717, 1.165) is 11.4 Å². The van der Waals surface area contributed by atoms with Crippen LogP contribution in [0, 0.1) is 0 Å². The third kappa shape index (κ3) is 5.85. The van der Waals surface area contributed by atoms with Gasteiger partial charge in [0.15, 0.2) is 0 Å². The molecule has 0 saturated heterocycles. The van der Waals surface area contributed by atoms with Gasteiger partial charge in [0.1, 0.15) is 0 Å². The van der Waals surface area contributed by atoms with Crippen LogP contribution in [0.5, 0.6) is 0 Å². The Labute approximate surface area is 398 Å². The third-order valence-electron chi connectivity index (χ3n) is 15.2. The first-order valence-electron chi connectivity index (χ1n) is 23.9. The molecule has 0 saturated carbocycles. The molecule has 0 amide bonds. The SMILES string of the molecule is CC1(C)c2ccccc2-c2cc(-c3cc4c5c(c3)N(c3ccc(-c6ccccc6)cc3)c3cc6ccccc6cc3B5c3cc5ccccc5cc3N4c3ccc(-c4ccccc4)cc3)ccc21. The molecule has 1 aliphatic carbocycles. The van der Waals surface area contributed by atoms with Gasteiger partial charge >= 0.3 is 0 Å². The second-order valence-corrected chi connectivity index (χ2v) is 19.3. The average molecular weight is 865 g/mol. The molecule has 2 aliphatic heterocycles. The summed E-state index contributed by atoms with van der Waals surface area (Å²) in [6.45, 7) is 4.70. The molecule has 14 rings (SSSR count). The number of hydrogen-bond acceptors (Lipinski definition) is 2. The second kappa shape index (κ2) is 14.8. The van der Waals surface area contributed by atoms with Gasteiger partial charge in [0.05, 0.1) is 0 Å². The summed E-state index contributed by atoms with van der Waals surface area (Å²) < 4.78 is 0. The molecule has 2 heterocycles. The maximum atomic E-state index is 2.56. The van der Waals surface area contributed by atoms with Gasteiger partial charge in [-0.3, -0.25) is 0 Å². The lowest BCUT2D eigenvalue weighted by Crippen LogP contribution is -2.61. The Kier molecular flexibility index (Phi) is 8.46. The van der Waals surface area contributed by atoms with Crippen molar-refractivity contribution in [3.63, 3.8) is 0 Å². The third-order valence-corrected chi connectivity index (χ3v) is 15.2. The standard InChI is InChI=1S/C65H45BN2/c1-65(2)56-24-14-13-23-54(56)55-35-50(29-34-57(55)65)51-40-62-64-63(41-51)68(53-32-27-45(28-33-53)43-17-7-4-8-18-43)61-39-49-22-12-10-20-47(49)37-59(61)66(64)58-36-46-19-9-11-21-48(46)38-60(58)67(62)52-30-25-44(26-31-52)42-15-5-3-6-16-42/h3-41H,1-2H3. The summed E-state index contributed by atoms with van der Waals surface area (Å²) in [5, 5.41) is 4.95. The van der Waals surface area contributed by atoms with E-state index in [0.29, 0.717) is 0 Å². The van der Waals surface area contributed by atoms with Gasteiger partial charge in [0.2, 0.25) is 0 Å². The Hall–Kier alpha value is -8.40. The maximum absolute atomic E-state index is 2.56. The Morgan fingerprint density at radius 3 is 1.24 bits per heavy atom. The summed E-state index contributed by atoms with van der Waals surface area (Å²) in [5.74, 6) is 0. The molecule has 68 heavy (non-hydrogen) atoms. The summed E-state index contributed by atoms with van der Waals surface area (Å²) in [6.07, 6.45) is 0. The zero-order valence-electron chi connectivity index (χ0n) is 38.0. The van der Waals surface area contributed by atoms with E-state index in [9.17, 15) is 0 Å². The zero-order valence-corrected chi connectivity index (χ0v) is 38.0. The molecule has 318 valence electrons. The van der Waals surface area contributed by atoms with Crippen LogP contribution >= 0.6 is 0 Å². The van der Waals surface area contributed by atoms with E-state index in [1.54, 1.807) is 0 Å². The molecule has 0 fully saturated rings. The average Bonchev–Trinajstić information content (AvgIpc) is 3.63. The van der Waals surface area contributed by atoms with E-state index in [1.807, 2.05) is 0 Å². The van der Waals surface area contributed by atoms with Gasteiger partial charge in [-0.05, 0) is 148 Å². The fourth-order valence-corrected chi connectivity index (χ4v) is 11.9. The van der Waals surface area contributed by atoms with Crippen LogP contribution in [0.4, 0.5) is 34.1 Å². The lowest BCUT2D eigenvalue weighted by molar-refractivity contribution is 0.660. The van der Waals surface area contributed by atoms with Crippen LogP contribution in [0.3, 0.4) is 0 Å². The molecule has 0 N–H and O–H groups in total. The molecule has 11 aromatic carbocycles. The minimum absolute atomic E-state index is 0.0272. The van der Waals surface area contributed by atoms with Crippen molar-refractivity contribution in [2.24, 2.45) is 0 Å². The highest BCUT2D eigenvalue weighted by atomic mass is 15.2. The van der Waals surface area contributed by atoms with Gasteiger partial charge in [-0.15, -0.1) is 0 Å². The molecule has 0 bridgehead atoms. The zero-order chi connectivity index (χ0) is 45.1. The lowest BCUT2D eigenvalue weighted by atomic mass is 9.33. The highest BCUT2D eigenvalue weighted by molar-refractivity contribution is 7.00. The van der Waals surface area contributed by atoms with Crippen LogP contribution < -0.4 is 26.2 Å². The van der Waals surface area contributed by atoms with Crippen molar-refractivity contribution in [2.75, 3.05) is 9.80 Å². The molecule has 0 aromatic heterocycles. The van der Waals surface area contributed by atoms with E-state index >= 15 is 0 Å². The van der Waals surface area contributed by atoms with Gasteiger partial charge in [-0.2, -0.15) is 0 Å². The molecule has 0 atom stereocenters. The van der Waals surface area contributed by atoms with Crippen LogP contribution in [0.1, 0.15) is 25.0 Å². The molecule has 0 spiro atoms. The molecular weight excluding hydrogens is 820 g/mol. The molecule has 0 unspecified atom stereocenters. The van der Waals surface area contributed by atoms with Crippen LogP contribution in [0.15, 0.2) is 237 Å². The minimum atomic E-state index is -0.0794. The topological polar surface area (TPSA) is 6.48 Å². The van der Waals surface area contributed by atoms with Crippen molar-refractivity contribution in [3.8, 4) is 44.5 Å². The molecule has 3 aliphatic rings. The summed E-state index contributed by atoms with van der Waals surface area (Å²) in [4.78, 5) is 5.12. The van der Waals surface area contributed by atoms with Crippen molar-refractivity contribution in [1.82, 2.24) is 0 Å². The Morgan fingerprint density at radius 2 is 0.721 bits per heavy atom. The van der Waals surface area contributed by atoms with Gasteiger partial charge < -0.3 is 9.80 Å². The predicted molar refractivity (Wildman–Crippen MR) is 289 cm³/mol. The van der Waals surface area contributed by atoms with Crippen molar-refractivity contribution >= 4 is 78.8 Å². The van der Waals surface area contributed by atoms with Crippen LogP contribution in [0.2, 0.25) is 0 Å². The van der Waals surface area contributed by atoms with Gasteiger partial charge in [-0.1, -0.05) is 196 Å². The largest absolute Gasteiger partial charge is 0.311 e. The number of rotatable bonds is 5. The number of nitrogens with zero attached hydrogens (tertiary/aromatic N) is 2.